The lowest BCUT2D eigenvalue weighted by atomic mass is 9.55. The minimum absolute atomic E-state index is 0.220. The largest absolute Gasteiger partial charge is 0.508 e. The van der Waals surface area contributed by atoms with E-state index in [0.717, 1.165) is 49.8 Å². The van der Waals surface area contributed by atoms with Crippen molar-refractivity contribution in [2.45, 2.75) is 58.4 Å². The van der Waals surface area contributed by atoms with Crippen molar-refractivity contribution in [1.82, 2.24) is 9.78 Å². The Bertz CT molecular complexity index is 973. The topological polar surface area (TPSA) is 55.1 Å². The maximum atomic E-state index is 13.4. The molecule has 4 heteroatoms. The molecule has 1 aromatic carbocycles. The van der Waals surface area contributed by atoms with Gasteiger partial charge in [0, 0.05) is 23.7 Å². The van der Waals surface area contributed by atoms with Crippen LogP contribution in [0.5, 0.6) is 5.75 Å². The van der Waals surface area contributed by atoms with Crippen molar-refractivity contribution in [3.63, 3.8) is 0 Å². The second-order valence-electron chi connectivity index (χ2n) is 9.09. The van der Waals surface area contributed by atoms with Gasteiger partial charge in [-0.25, -0.2) is 0 Å². The van der Waals surface area contributed by atoms with Gasteiger partial charge in [0.25, 0.3) is 0 Å². The number of aromatic hydroxyl groups is 1. The molecule has 3 aliphatic rings. The normalized spacial score (nSPS) is 32.9. The number of hydrogen-bond acceptors (Lipinski definition) is 3. The number of phenols is 1. The molecule has 2 saturated carbocycles. The van der Waals surface area contributed by atoms with Crippen LogP contribution in [0.25, 0.3) is 6.08 Å². The number of allylic oxidation sites excluding steroid dienone is 1. The van der Waals surface area contributed by atoms with E-state index in [2.05, 4.69) is 31.1 Å². The maximum absolute atomic E-state index is 13.4. The van der Waals surface area contributed by atoms with E-state index in [4.69, 9.17) is 0 Å². The second-order valence-corrected chi connectivity index (χ2v) is 9.09. The summed E-state index contributed by atoms with van der Waals surface area (Å²) in [4.78, 5) is 13.4. The van der Waals surface area contributed by atoms with Gasteiger partial charge in [-0.3, -0.25) is 9.48 Å². The molecule has 0 saturated heterocycles. The van der Waals surface area contributed by atoms with Gasteiger partial charge in [-0.2, -0.15) is 5.10 Å². The van der Waals surface area contributed by atoms with Crippen LogP contribution < -0.4 is 0 Å². The summed E-state index contributed by atoms with van der Waals surface area (Å²) in [6, 6.07) is 5.89. The number of nitrogens with zero attached hydrogens (tertiary/aromatic N) is 2. The van der Waals surface area contributed by atoms with Gasteiger partial charge in [0.15, 0.2) is 5.78 Å². The SMILES string of the molecule is CCn1cc(/C=C2\C[C@@H]3[C@H]4CCc5cc(O)ccc5[C@@H]4CC[C@]3(C)C2=O)cn1. The number of benzene rings is 1. The van der Waals surface area contributed by atoms with E-state index in [-0.39, 0.29) is 5.41 Å². The molecule has 28 heavy (non-hydrogen) atoms. The zero-order chi connectivity index (χ0) is 19.5. The molecule has 0 amide bonds. The number of carbonyl (C=O) groups is 1. The molecule has 1 heterocycles. The summed E-state index contributed by atoms with van der Waals surface area (Å²) in [6.45, 7) is 5.12. The first-order valence-electron chi connectivity index (χ1n) is 10.6. The van der Waals surface area contributed by atoms with Crippen molar-refractivity contribution >= 4 is 11.9 Å². The van der Waals surface area contributed by atoms with Gasteiger partial charge in [-0.15, -0.1) is 0 Å². The van der Waals surface area contributed by atoms with Crippen LogP contribution >= 0.6 is 0 Å². The molecule has 4 atom stereocenters. The van der Waals surface area contributed by atoms with Crippen LogP contribution in [0.3, 0.4) is 0 Å². The van der Waals surface area contributed by atoms with E-state index in [1.807, 2.05) is 29.2 Å². The third kappa shape index (κ3) is 2.57. The number of aromatic nitrogens is 2. The van der Waals surface area contributed by atoms with E-state index in [9.17, 15) is 9.90 Å². The van der Waals surface area contributed by atoms with E-state index in [0.29, 0.717) is 29.3 Å². The van der Waals surface area contributed by atoms with Gasteiger partial charge in [0.2, 0.25) is 0 Å². The van der Waals surface area contributed by atoms with Gasteiger partial charge in [-0.1, -0.05) is 13.0 Å². The smallest absolute Gasteiger partial charge is 0.165 e. The van der Waals surface area contributed by atoms with E-state index in [1.54, 1.807) is 0 Å². The summed E-state index contributed by atoms with van der Waals surface area (Å²) in [5.41, 5.74) is 4.51. The number of carbonyl (C=O) groups excluding carboxylic acids is 1. The highest BCUT2D eigenvalue weighted by molar-refractivity contribution is 6.05. The van der Waals surface area contributed by atoms with Crippen molar-refractivity contribution in [3.05, 3.63) is 52.9 Å². The molecule has 0 aliphatic heterocycles. The Hall–Kier alpha value is -2.36. The summed E-state index contributed by atoms with van der Waals surface area (Å²) in [5, 5.41) is 14.2. The Labute approximate surface area is 166 Å². The molecular weight excluding hydrogens is 348 g/mol. The fourth-order valence-electron chi connectivity index (χ4n) is 6.20. The first-order chi connectivity index (χ1) is 13.5. The third-order valence-corrected chi connectivity index (χ3v) is 7.67. The van der Waals surface area contributed by atoms with Crippen LogP contribution in [0.1, 0.15) is 62.1 Å². The van der Waals surface area contributed by atoms with Gasteiger partial charge in [-0.05, 0) is 91.7 Å². The lowest BCUT2D eigenvalue weighted by Gasteiger charge is -2.48. The lowest BCUT2D eigenvalue weighted by molar-refractivity contribution is -0.127. The van der Waals surface area contributed by atoms with Crippen molar-refractivity contribution < 1.29 is 9.90 Å². The third-order valence-electron chi connectivity index (χ3n) is 7.67. The molecule has 2 aromatic rings. The highest BCUT2D eigenvalue weighted by Gasteiger charge is 2.56. The van der Waals surface area contributed by atoms with Crippen molar-refractivity contribution in [2.24, 2.45) is 17.3 Å². The number of ketones is 1. The molecule has 1 N–H and O–H groups in total. The molecule has 0 unspecified atom stereocenters. The van der Waals surface area contributed by atoms with Crippen LogP contribution in [0, 0.1) is 17.3 Å². The highest BCUT2D eigenvalue weighted by Crippen LogP contribution is 2.60. The van der Waals surface area contributed by atoms with Gasteiger partial charge >= 0.3 is 0 Å². The number of hydrogen-bond donors (Lipinski definition) is 1. The zero-order valence-electron chi connectivity index (χ0n) is 16.7. The molecule has 4 nitrogen and oxygen atoms in total. The molecule has 3 aliphatic carbocycles. The van der Waals surface area contributed by atoms with E-state index < -0.39 is 0 Å². The quantitative estimate of drug-likeness (QED) is 0.771. The summed E-state index contributed by atoms with van der Waals surface area (Å²) in [5.74, 6) is 2.23. The monoisotopic (exact) mass is 376 g/mol. The number of rotatable bonds is 2. The van der Waals surface area contributed by atoms with Crippen molar-refractivity contribution in [2.75, 3.05) is 0 Å². The molecule has 0 spiro atoms. The van der Waals surface area contributed by atoms with Crippen LogP contribution in [0.2, 0.25) is 0 Å². The van der Waals surface area contributed by atoms with Crippen LogP contribution in [-0.2, 0) is 17.8 Å². The predicted molar refractivity (Wildman–Crippen MR) is 109 cm³/mol. The number of Topliss-reactive ketones (excluding diaryl/α,β-unsaturated/α-hetero) is 1. The van der Waals surface area contributed by atoms with Crippen molar-refractivity contribution in [1.29, 1.82) is 0 Å². The number of fused-ring (bicyclic) bond motifs is 5. The average molecular weight is 377 g/mol. The molecule has 5 rings (SSSR count). The maximum Gasteiger partial charge on any atom is 0.165 e. The Morgan fingerprint density at radius 1 is 1.36 bits per heavy atom. The molecule has 0 bridgehead atoms. The first-order valence-corrected chi connectivity index (χ1v) is 10.6. The van der Waals surface area contributed by atoms with Crippen molar-refractivity contribution in [3.8, 4) is 5.75 Å². The molecule has 0 radical (unpaired) electrons. The standard InChI is InChI=1S/C24H28N2O2/c1-3-26-14-15(13-25-26)10-17-12-22-21-6-4-16-11-18(27)5-7-19(16)20(21)8-9-24(22,2)23(17)28/h5,7,10-11,13-14,20-22,27H,3-4,6,8-9,12H2,1-2H3/b17-10+/t20-,21-,22+,24-/m0/s1. The fraction of sp³-hybridized carbons (Fsp3) is 0.500. The average Bonchev–Trinajstić information content (AvgIpc) is 3.25. The Kier molecular flexibility index (Phi) is 4.01. The molecule has 146 valence electrons. The first kappa shape index (κ1) is 17.7. The van der Waals surface area contributed by atoms with Gasteiger partial charge in [0.1, 0.15) is 5.75 Å². The summed E-state index contributed by atoms with van der Waals surface area (Å²) in [6.07, 6.45) is 11.0. The number of phenolic OH excluding ortho intramolecular Hbond substituents is 1. The second kappa shape index (κ2) is 6.33. The Morgan fingerprint density at radius 2 is 2.21 bits per heavy atom. The lowest BCUT2D eigenvalue weighted by Crippen LogP contribution is -2.42. The fourth-order valence-corrected chi connectivity index (χ4v) is 6.20. The summed E-state index contributed by atoms with van der Waals surface area (Å²) in [7, 11) is 0. The minimum atomic E-state index is -0.220. The van der Waals surface area contributed by atoms with Gasteiger partial charge in [0.05, 0.1) is 6.20 Å². The van der Waals surface area contributed by atoms with E-state index in [1.165, 1.54) is 11.1 Å². The molecular formula is C24H28N2O2. The molecule has 1 aromatic heterocycles. The Morgan fingerprint density at radius 3 is 3.00 bits per heavy atom. The van der Waals surface area contributed by atoms with Crippen LogP contribution in [0.15, 0.2) is 36.2 Å². The zero-order valence-corrected chi connectivity index (χ0v) is 16.7. The Balaban J connectivity index is 1.47. The van der Waals surface area contributed by atoms with Crippen LogP contribution in [-0.4, -0.2) is 20.7 Å². The predicted octanol–water partition coefficient (Wildman–Crippen LogP) is 4.73. The van der Waals surface area contributed by atoms with Crippen LogP contribution in [0.4, 0.5) is 0 Å². The summed E-state index contributed by atoms with van der Waals surface area (Å²) >= 11 is 0. The summed E-state index contributed by atoms with van der Waals surface area (Å²) < 4.78 is 1.91. The van der Waals surface area contributed by atoms with E-state index >= 15 is 0 Å². The minimum Gasteiger partial charge on any atom is -0.508 e. The number of aryl methyl sites for hydroxylation is 2. The van der Waals surface area contributed by atoms with Gasteiger partial charge < -0.3 is 5.11 Å². The molecule has 2 fully saturated rings. The highest BCUT2D eigenvalue weighted by atomic mass is 16.3.